The van der Waals surface area contributed by atoms with Gasteiger partial charge in [0.1, 0.15) is 12.2 Å². The largest absolute Gasteiger partial charge is 0.425 e. The van der Waals surface area contributed by atoms with Crippen LogP contribution in [0.25, 0.3) is 11.0 Å². The number of carbonyl (C=O) groups is 3. The fraction of sp³-hybridized carbons (Fsp3) is 0.550. The number of ether oxygens (including phenoxy) is 1. The predicted octanol–water partition coefficient (Wildman–Crippen LogP) is 2.65. The Balaban J connectivity index is 1.39. The van der Waals surface area contributed by atoms with Crippen LogP contribution >= 0.6 is 0 Å². The molecule has 2 aromatic heterocycles. The first-order valence-corrected chi connectivity index (χ1v) is 10.3. The number of hydrogen-bond acceptors (Lipinski definition) is 6. The fourth-order valence-corrected chi connectivity index (χ4v) is 4.10. The van der Waals surface area contributed by atoms with Crippen LogP contribution in [-0.2, 0) is 16.1 Å². The Morgan fingerprint density at radius 1 is 1.28 bits per heavy atom. The van der Waals surface area contributed by atoms with E-state index in [4.69, 9.17) is 4.74 Å². The van der Waals surface area contributed by atoms with Gasteiger partial charge in [-0.2, -0.15) is 18.3 Å². The second-order valence-corrected chi connectivity index (χ2v) is 8.04. The molecule has 3 heterocycles. The zero-order valence-corrected chi connectivity index (χ0v) is 17.3. The van der Waals surface area contributed by atoms with Crippen molar-refractivity contribution in [1.82, 2.24) is 25.0 Å². The van der Waals surface area contributed by atoms with Gasteiger partial charge in [0.15, 0.2) is 17.7 Å². The highest BCUT2D eigenvalue weighted by Gasteiger charge is 2.55. The average molecular weight is 453 g/mol. The van der Waals surface area contributed by atoms with Gasteiger partial charge < -0.3 is 15.0 Å². The molecule has 0 spiro atoms. The van der Waals surface area contributed by atoms with Crippen molar-refractivity contribution in [3.8, 4) is 0 Å². The highest BCUT2D eigenvalue weighted by Crippen LogP contribution is 2.48. The molecule has 1 saturated heterocycles. The number of fused-ring (bicyclic) bond motifs is 2. The van der Waals surface area contributed by atoms with Gasteiger partial charge in [0, 0.05) is 38.5 Å². The number of alkyl halides is 3. The van der Waals surface area contributed by atoms with Crippen molar-refractivity contribution in [2.24, 2.45) is 5.92 Å². The summed E-state index contributed by atoms with van der Waals surface area (Å²) in [6.07, 6.45) is -4.38. The SMILES string of the molecule is CC(=O)c1nn(CC(=O)N2[C@@H](OC(=O)NCCCC(F)(F)F)C[C@H]3C[C@H]32)c2ncccc12. The van der Waals surface area contributed by atoms with Crippen LogP contribution in [0, 0.1) is 5.92 Å². The van der Waals surface area contributed by atoms with E-state index in [0.717, 1.165) is 6.42 Å². The monoisotopic (exact) mass is 453 g/mol. The van der Waals surface area contributed by atoms with Gasteiger partial charge in [-0.25, -0.2) is 14.5 Å². The Bertz CT molecular complexity index is 1050. The van der Waals surface area contributed by atoms with Gasteiger partial charge in [-0.05, 0) is 30.9 Å². The molecule has 1 saturated carbocycles. The van der Waals surface area contributed by atoms with E-state index in [2.05, 4.69) is 15.4 Å². The molecule has 0 unspecified atom stereocenters. The van der Waals surface area contributed by atoms with Gasteiger partial charge in [-0.3, -0.25) is 9.59 Å². The number of hydrogen-bond donors (Lipinski definition) is 1. The molecule has 2 fully saturated rings. The number of carbonyl (C=O) groups excluding carboxylic acids is 3. The topological polar surface area (TPSA) is 106 Å². The number of ketones is 1. The van der Waals surface area contributed by atoms with Gasteiger partial charge in [0.2, 0.25) is 5.91 Å². The van der Waals surface area contributed by atoms with Gasteiger partial charge >= 0.3 is 12.3 Å². The van der Waals surface area contributed by atoms with E-state index in [-0.39, 0.29) is 48.9 Å². The highest BCUT2D eigenvalue weighted by atomic mass is 19.4. The number of pyridine rings is 1. The lowest BCUT2D eigenvalue weighted by Crippen LogP contribution is -2.44. The molecule has 32 heavy (non-hydrogen) atoms. The molecule has 0 bridgehead atoms. The zero-order chi connectivity index (χ0) is 23.0. The standard InChI is InChI=1S/C20H22F3N5O4/c1-11(29)17-13-4-2-6-24-18(13)27(26-17)10-15(30)28-14-8-12(14)9-16(28)32-19(31)25-7-3-5-20(21,22)23/h2,4,6,12,14,16H,3,5,7-10H2,1H3,(H,25,31)/t12-,14-,16+/m1/s1. The number of piperidine rings is 1. The maximum atomic E-state index is 13.1. The summed E-state index contributed by atoms with van der Waals surface area (Å²) >= 11 is 0. The molecule has 1 aliphatic heterocycles. The Morgan fingerprint density at radius 2 is 2.06 bits per heavy atom. The number of rotatable bonds is 7. The van der Waals surface area contributed by atoms with Gasteiger partial charge in [-0.1, -0.05) is 0 Å². The Hall–Kier alpha value is -3.18. The summed E-state index contributed by atoms with van der Waals surface area (Å²) in [7, 11) is 0. The minimum absolute atomic E-state index is 0.0485. The van der Waals surface area contributed by atoms with Crippen LogP contribution in [-0.4, -0.2) is 62.4 Å². The molecule has 1 N–H and O–H groups in total. The number of nitrogens with one attached hydrogen (secondary N) is 1. The van der Waals surface area contributed by atoms with Crippen LogP contribution in [0.5, 0.6) is 0 Å². The highest BCUT2D eigenvalue weighted by molar-refractivity contribution is 6.04. The summed E-state index contributed by atoms with van der Waals surface area (Å²) in [5, 5.41) is 7.08. The van der Waals surface area contributed by atoms with Crippen LogP contribution in [0.1, 0.15) is 43.1 Å². The van der Waals surface area contributed by atoms with Gasteiger partial charge in [0.25, 0.3) is 0 Å². The maximum absolute atomic E-state index is 13.1. The number of likely N-dealkylation sites (tertiary alicyclic amines) is 1. The smallest absolute Gasteiger partial charge is 0.409 e. The lowest BCUT2D eigenvalue weighted by atomic mass is 10.2. The average Bonchev–Trinajstić information content (AvgIpc) is 3.22. The quantitative estimate of drug-likeness (QED) is 0.510. The molecule has 2 amide bonds. The molecule has 0 radical (unpaired) electrons. The van der Waals surface area contributed by atoms with E-state index in [9.17, 15) is 27.6 Å². The van der Waals surface area contributed by atoms with Crippen molar-refractivity contribution in [2.75, 3.05) is 6.54 Å². The molecule has 2 aliphatic rings. The Morgan fingerprint density at radius 3 is 2.78 bits per heavy atom. The third kappa shape index (κ3) is 4.68. The van der Waals surface area contributed by atoms with Crippen molar-refractivity contribution in [3.05, 3.63) is 24.0 Å². The van der Waals surface area contributed by atoms with Gasteiger partial charge in [0.05, 0.1) is 5.39 Å². The van der Waals surface area contributed by atoms with E-state index >= 15 is 0 Å². The van der Waals surface area contributed by atoms with Crippen LogP contribution in [0.2, 0.25) is 0 Å². The van der Waals surface area contributed by atoms with E-state index < -0.39 is 24.9 Å². The van der Waals surface area contributed by atoms with E-state index in [0.29, 0.717) is 17.5 Å². The molecular formula is C20H22F3N5O4. The third-order valence-electron chi connectivity index (χ3n) is 5.62. The van der Waals surface area contributed by atoms with Crippen molar-refractivity contribution in [3.63, 3.8) is 0 Å². The molecule has 4 rings (SSSR count). The molecular weight excluding hydrogens is 431 g/mol. The normalized spacial score (nSPS) is 22.0. The van der Waals surface area contributed by atoms with Gasteiger partial charge in [-0.15, -0.1) is 0 Å². The second kappa shape index (κ2) is 8.40. The lowest BCUT2D eigenvalue weighted by molar-refractivity contribution is -0.141. The van der Waals surface area contributed by atoms with E-state index in [1.54, 1.807) is 12.1 Å². The van der Waals surface area contributed by atoms with E-state index in [1.807, 2.05) is 0 Å². The first kappa shape index (κ1) is 22.0. The number of alkyl carbamates (subject to hydrolysis) is 1. The van der Waals surface area contributed by atoms with E-state index in [1.165, 1.54) is 22.7 Å². The number of nitrogens with zero attached hydrogens (tertiary/aromatic N) is 4. The van der Waals surface area contributed by atoms with Crippen LogP contribution in [0.3, 0.4) is 0 Å². The zero-order valence-electron chi connectivity index (χ0n) is 17.3. The third-order valence-corrected chi connectivity index (χ3v) is 5.62. The molecule has 9 nitrogen and oxygen atoms in total. The summed E-state index contributed by atoms with van der Waals surface area (Å²) in [5.41, 5.74) is 0.620. The van der Waals surface area contributed by atoms with Crippen LogP contribution in [0.4, 0.5) is 18.0 Å². The van der Waals surface area contributed by atoms with Crippen molar-refractivity contribution in [2.45, 2.75) is 57.6 Å². The summed E-state index contributed by atoms with van der Waals surface area (Å²) in [6, 6.07) is 3.33. The summed E-state index contributed by atoms with van der Waals surface area (Å²) < 4.78 is 43.3. The maximum Gasteiger partial charge on any atom is 0.409 e. The molecule has 3 atom stereocenters. The Kier molecular flexibility index (Phi) is 5.78. The molecule has 12 heteroatoms. The number of aromatic nitrogens is 3. The number of Topliss-reactive ketones (excluding diaryl/α,β-unsaturated/α-hetero) is 1. The minimum Gasteiger partial charge on any atom is -0.425 e. The van der Waals surface area contributed by atoms with Crippen LogP contribution < -0.4 is 5.32 Å². The molecule has 0 aromatic carbocycles. The van der Waals surface area contributed by atoms with Crippen LogP contribution in [0.15, 0.2) is 18.3 Å². The van der Waals surface area contributed by atoms with Crippen molar-refractivity contribution in [1.29, 1.82) is 0 Å². The second-order valence-electron chi connectivity index (χ2n) is 8.04. The fourth-order valence-electron chi connectivity index (χ4n) is 4.10. The minimum atomic E-state index is -4.28. The predicted molar refractivity (Wildman–Crippen MR) is 104 cm³/mol. The number of amides is 2. The lowest BCUT2D eigenvalue weighted by Gasteiger charge is -2.27. The first-order chi connectivity index (χ1) is 15.1. The molecule has 1 aliphatic carbocycles. The molecule has 172 valence electrons. The molecule has 2 aromatic rings. The van der Waals surface area contributed by atoms with Crippen molar-refractivity contribution < 1.29 is 32.3 Å². The summed E-state index contributed by atoms with van der Waals surface area (Å²) in [5.74, 6) is -0.363. The number of halogens is 3. The first-order valence-electron chi connectivity index (χ1n) is 10.3. The summed E-state index contributed by atoms with van der Waals surface area (Å²) in [6.45, 7) is 1.02. The Labute approximate surface area is 180 Å². The summed E-state index contributed by atoms with van der Waals surface area (Å²) in [4.78, 5) is 42.7. The van der Waals surface area contributed by atoms with Crippen molar-refractivity contribution >= 4 is 28.8 Å².